The number of carbonyl (C=O) groups is 1. The van der Waals surface area contributed by atoms with Crippen molar-refractivity contribution in [3.63, 3.8) is 0 Å². The third-order valence-electron chi connectivity index (χ3n) is 3.99. The Morgan fingerprint density at radius 2 is 1.91 bits per heavy atom. The molecule has 22 heavy (non-hydrogen) atoms. The highest BCUT2D eigenvalue weighted by atomic mass is 16.3. The third kappa shape index (κ3) is 2.86. The Morgan fingerprint density at radius 1 is 1.14 bits per heavy atom. The summed E-state index contributed by atoms with van der Waals surface area (Å²) in [7, 11) is 0. The number of fused-ring (bicyclic) bond motifs is 1. The minimum atomic E-state index is -0.418. The number of benzene rings is 2. The van der Waals surface area contributed by atoms with Crippen LogP contribution in [-0.2, 0) is 12.8 Å². The van der Waals surface area contributed by atoms with Crippen molar-refractivity contribution in [2.24, 2.45) is 5.10 Å². The van der Waals surface area contributed by atoms with Gasteiger partial charge in [-0.2, -0.15) is 5.10 Å². The predicted octanol–water partition coefficient (Wildman–Crippen LogP) is 3.03. The number of phenolic OH excluding ortho intramolecular Hbond substituents is 1. The molecule has 112 valence electrons. The Hall–Kier alpha value is -2.62. The van der Waals surface area contributed by atoms with Crippen LogP contribution < -0.4 is 5.43 Å². The average Bonchev–Trinajstić information content (AvgIpc) is 3.00. The molecule has 0 aromatic heterocycles. The van der Waals surface area contributed by atoms with E-state index in [9.17, 15) is 9.90 Å². The second kappa shape index (κ2) is 6.02. The fourth-order valence-electron chi connectivity index (χ4n) is 2.72. The second-order valence-electron chi connectivity index (χ2n) is 5.49. The monoisotopic (exact) mass is 294 g/mol. The van der Waals surface area contributed by atoms with Crippen molar-refractivity contribution in [2.75, 3.05) is 0 Å². The van der Waals surface area contributed by atoms with Crippen molar-refractivity contribution in [1.29, 1.82) is 0 Å². The van der Waals surface area contributed by atoms with Gasteiger partial charge in [0, 0.05) is 0 Å². The number of aryl methyl sites for hydroxylation is 2. The molecule has 0 fully saturated rings. The topological polar surface area (TPSA) is 61.7 Å². The van der Waals surface area contributed by atoms with Crippen molar-refractivity contribution in [1.82, 2.24) is 5.43 Å². The summed E-state index contributed by atoms with van der Waals surface area (Å²) in [6, 6.07) is 12.7. The molecule has 0 radical (unpaired) electrons. The minimum absolute atomic E-state index is 0.0506. The summed E-state index contributed by atoms with van der Waals surface area (Å²) in [5.41, 5.74) is 7.26. The van der Waals surface area contributed by atoms with Crippen molar-refractivity contribution in [3.8, 4) is 5.75 Å². The summed E-state index contributed by atoms with van der Waals surface area (Å²) in [6.45, 7) is 1.86. The third-order valence-corrected chi connectivity index (χ3v) is 3.99. The highest BCUT2D eigenvalue weighted by Crippen LogP contribution is 2.23. The van der Waals surface area contributed by atoms with Crippen LogP contribution in [0.15, 0.2) is 47.6 Å². The molecule has 0 aliphatic heterocycles. The van der Waals surface area contributed by atoms with Gasteiger partial charge in [-0.15, -0.1) is 0 Å². The molecule has 0 spiro atoms. The molecule has 2 N–H and O–H groups in total. The second-order valence-corrected chi connectivity index (χ2v) is 5.49. The van der Waals surface area contributed by atoms with Crippen LogP contribution in [0.5, 0.6) is 5.75 Å². The Morgan fingerprint density at radius 3 is 2.73 bits per heavy atom. The van der Waals surface area contributed by atoms with Gasteiger partial charge in [0.15, 0.2) is 0 Å². The van der Waals surface area contributed by atoms with Crippen LogP contribution in [-0.4, -0.2) is 16.7 Å². The zero-order chi connectivity index (χ0) is 15.5. The normalized spacial score (nSPS) is 13.8. The molecule has 0 heterocycles. The standard InChI is InChI=1S/C18H18N2O2/c1-12(14-10-9-13-5-4-6-15(13)11-14)19-20-18(22)16-7-2-3-8-17(16)21/h2-3,7-11,21H,4-6H2,1H3,(H,20,22)/b19-12-. The van der Waals surface area contributed by atoms with Gasteiger partial charge in [0.1, 0.15) is 5.75 Å². The molecular weight excluding hydrogens is 276 g/mol. The zero-order valence-corrected chi connectivity index (χ0v) is 12.5. The van der Waals surface area contributed by atoms with Crippen LogP contribution >= 0.6 is 0 Å². The van der Waals surface area contributed by atoms with E-state index in [1.807, 2.05) is 13.0 Å². The Balaban J connectivity index is 1.75. The molecule has 1 aliphatic rings. The minimum Gasteiger partial charge on any atom is -0.507 e. The summed E-state index contributed by atoms with van der Waals surface area (Å²) in [4.78, 5) is 12.0. The Labute approximate surface area is 129 Å². The fourth-order valence-corrected chi connectivity index (χ4v) is 2.72. The number of carbonyl (C=O) groups excluding carboxylic acids is 1. The van der Waals surface area contributed by atoms with E-state index in [2.05, 4.69) is 22.7 Å². The first-order chi connectivity index (χ1) is 10.6. The number of aromatic hydroxyl groups is 1. The fraction of sp³-hybridized carbons (Fsp3) is 0.222. The number of hydrazone groups is 1. The molecule has 4 nitrogen and oxygen atoms in total. The number of phenols is 1. The van der Waals surface area contributed by atoms with E-state index in [1.54, 1.807) is 18.2 Å². The molecule has 3 rings (SSSR count). The lowest BCUT2D eigenvalue weighted by Gasteiger charge is -2.06. The molecule has 4 heteroatoms. The van der Waals surface area contributed by atoms with Crippen LogP contribution in [0.4, 0.5) is 0 Å². The molecule has 0 unspecified atom stereocenters. The van der Waals surface area contributed by atoms with Crippen molar-refractivity contribution >= 4 is 11.6 Å². The van der Waals surface area contributed by atoms with E-state index < -0.39 is 5.91 Å². The van der Waals surface area contributed by atoms with Gasteiger partial charge >= 0.3 is 0 Å². The number of nitrogens with zero attached hydrogens (tertiary/aromatic N) is 1. The van der Waals surface area contributed by atoms with Crippen LogP contribution in [0.25, 0.3) is 0 Å². The van der Waals surface area contributed by atoms with Gasteiger partial charge < -0.3 is 5.11 Å². The van der Waals surface area contributed by atoms with Crippen molar-refractivity contribution < 1.29 is 9.90 Å². The Kier molecular flexibility index (Phi) is 3.92. The molecule has 0 saturated heterocycles. The van der Waals surface area contributed by atoms with E-state index in [1.165, 1.54) is 23.6 Å². The van der Waals surface area contributed by atoms with Crippen LogP contribution in [0.3, 0.4) is 0 Å². The molecule has 0 saturated carbocycles. The van der Waals surface area contributed by atoms with Gasteiger partial charge in [0.05, 0.1) is 11.3 Å². The lowest BCUT2D eigenvalue weighted by atomic mass is 10.0. The van der Waals surface area contributed by atoms with Crippen molar-refractivity contribution in [2.45, 2.75) is 26.2 Å². The van der Waals surface area contributed by atoms with Gasteiger partial charge in [-0.3, -0.25) is 4.79 Å². The molecule has 2 aromatic carbocycles. The number of nitrogens with one attached hydrogen (secondary N) is 1. The summed E-state index contributed by atoms with van der Waals surface area (Å²) < 4.78 is 0. The van der Waals surface area contributed by atoms with E-state index in [-0.39, 0.29) is 11.3 Å². The van der Waals surface area contributed by atoms with Crippen LogP contribution in [0.1, 0.15) is 40.4 Å². The maximum absolute atomic E-state index is 12.0. The lowest BCUT2D eigenvalue weighted by molar-refractivity contribution is 0.0952. The van der Waals surface area contributed by atoms with Gasteiger partial charge in [0.2, 0.25) is 0 Å². The summed E-state index contributed by atoms with van der Waals surface area (Å²) in [5.74, 6) is -0.469. The molecule has 2 aromatic rings. The van der Waals surface area contributed by atoms with E-state index >= 15 is 0 Å². The van der Waals surface area contributed by atoms with Gasteiger partial charge in [-0.05, 0) is 61.1 Å². The molecule has 1 amide bonds. The molecule has 0 bridgehead atoms. The smallest absolute Gasteiger partial charge is 0.275 e. The van der Waals surface area contributed by atoms with Crippen LogP contribution in [0, 0.1) is 0 Å². The van der Waals surface area contributed by atoms with E-state index in [0.29, 0.717) is 0 Å². The average molecular weight is 294 g/mol. The van der Waals surface area contributed by atoms with Crippen LogP contribution in [0.2, 0.25) is 0 Å². The molecule has 0 atom stereocenters. The summed E-state index contributed by atoms with van der Waals surface area (Å²) in [6.07, 6.45) is 3.47. The number of rotatable bonds is 3. The van der Waals surface area contributed by atoms with Gasteiger partial charge in [-0.25, -0.2) is 5.43 Å². The quantitative estimate of drug-likeness (QED) is 0.675. The first-order valence-electron chi connectivity index (χ1n) is 7.40. The zero-order valence-electron chi connectivity index (χ0n) is 12.5. The number of hydrogen-bond donors (Lipinski definition) is 2. The number of hydrogen-bond acceptors (Lipinski definition) is 3. The predicted molar refractivity (Wildman–Crippen MR) is 86.3 cm³/mol. The maximum atomic E-state index is 12.0. The van der Waals surface area contributed by atoms with Gasteiger partial charge in [-0.1, -0.05) is 24.3 Å². The highest BCUT2D eigenvalue weighted by molar-refractivity contribution is 6.01. The largest absolute Gasteiger partial charge is 0.507 e. The highest BCUT2D eigenvalue weighted by Gasteiger charge is 2.12. The maximum Gasteiger partial charge on any atom is 0.275 e. The number of amides is 1. The molecule has 1 aliphatic carbocycles. The first kappa shape index (κ1) is 14.3. The first-order valence-corrected chi connectivity index (χ1v) is 7.40. The Bertz CT molecular complexity index is 751. The van der Waals surface area contributed by atoms with Crippen molar-refractivity contribution in [3.05, 3.63) is 64.7 Å². The summed E-state index contributed by atoms with van der Waals surface area (Å²) >= 11 is 0. The van der Waals surface area contributed by atoms with Gasteiger partial charge in [0.25, 0.3) is 5.91 Å². The van der Waals surface area contributed by atoms with E-state index in [0.717, 1.165) is 24.1 Å². The van der Waals surface area contributed by atoms with E-state index in [4.69, 9.17) is 0 Å². The SMILES string of the molecule is C/C(=N/NC(=O)c1ccccc1O)c1ccc2c(c1)CCC2. The molecular formula is C18H18N2O2. The summed E-state index contributed by atoms with van der Waals surface area (Å²) in [5, 5.41) is 13.8. The lowest BCUT2D eigenvalue weighted by Crippen LogP contribution is -2.19. The number of para-hydroxylation sites is 1.